The third-order valence-corrected chi connectivity index (χ3v) is 4.88. The third kappa shape index (κ3) is 2.29. The van der Waals surface area contributed by atoms with E-state index in [0.717, 1.165) is 30.8 Å². The highest BCUT2D eigenvalue weighted by atomic mass is 16.5. The first-order valence-electron chi connectivity index (χ1n) is 8.20. The predicted octanol–water partition coefficient (Wildman–Crippen LogP) is 2.13. The number of aromatic nitrogens is 2. The maximum Gasteiger partial charge on any atom is 0.358 e. The van der Waals surface area contributed by atoms with Crippen LogP contribution >= 0.6 is 0 Å². The van der Waals surface area contributed by atoms with Crippen LogP contribution < -0.4 is 0 Å². The van der Waals surface area contributed by atoms with Gasteiger partial charge in [-0.05, 0) is 18.4 Å². The van der Waals surface area contributed by atoms with Crippen molar-refractivity contribution in [1.82, 2.24) is 14.5 Å². The second-order valence-electron chi connectivity index (χ2n) is 6.28. The van der Waals surface area contributed by atoms with E-state index in [2.05, 4.69) is 4.98 Å². The average molecular weight is 325 g/mol. The van der Waals surface area contributed by atoms with E-state index in [0.29, 0.717) is 6.42 Å². The van der Waals surface area contributed by atoms with Gasteiger partial charge in [-0.15, -0.1) is 0 Å². The van der Waals surface area contributed by atoms with Gasteiger partial charge in [0.25, 0.3) is 0 Å². The fourth-order valence-electron chi connectivity index (χ4n) is 3.74. The van der Waals surface area contributed by atoms with Crippen LogP contribution in [0.3, 0.4) is 0 Å². The molecule has 2 atom stereocenters. The van der Waals surface area contributed by atoms with E-state index in [1.165, 1.54) is 7.11 Å². The second kappa shape index (κ2) is 5.78. The molecule has 0 spiro atoms. The molecule has 2 aromatic rings. The lowest BCUT2D eigenvalue weighted by molar-refractivity contribution is -0.138. The van der Waals surface area contributed by atoms with Gasteiger partial charge in [0.05, 0.1) is 13.2 Å². The Morgan fingerprint density at radius 1 is 1.33 bits per heavy atom. The number of rotatable bonds is 3. The van der Waals surface area contributed by atoms with Gasteiger partial charge in [0.2, 0.25) is 5.91 Å². The van der Waals surface area contributed by atoms with Crippen molar-refractivity contribution in [3.05, 3.63) is 53.6 Å². The van der Waals surface area contributed by atoms with Gasteiger partial charge in [-0.3, -0.25) is 4.79 Å². The highest BCUT2D eigenvalue weighted by Gasteiger charge is 2.43. The van der Waals surface area contributed by atoms with Gasteiger partial charge in [-0.2, -0.15) is 0 Å². The fraction of sp³-hybridized carbons (Fsp3) is 0.389. The average Bonchev–Trinajstić information content (AvgIpc) is 3.25. The normalized spacial score (nSPS) is 22.2. The Balaban J connectivity index is 1.76. The van der Waals surface area contributed by atoms with Crippen LogP contribution in [-0.2, 0) is 16.0 Å². The maximum absolute atomic E-state index is 13.0. The number of hydrogen-bond acceptors (Lipinski definition) is 4. The number of imidazole rings is 1. The lowest BCUT2D eigenvalue weighted by Gasteiger charge is -2.35. The van der Waals surface area contributed by atoms with Crippen molar-refractivity contribution in [3.8, 4) is 0 Å². The lowest BCUT2D eigenvalue weighted by Crippen LogP contribution is -2.43. The highest BCUT2D eigenvalue weighted by Crippen LogP contribution is 2.39. The van der Waals surface area contributed by atoms with E-state index in [1.807, 2.05) is 39.8 Å². The van der Waals surface area contributed by atoms with Crippen molar-refractivity contribution in [2.24, 2.45) is 0 Å². The van der Waals surface area contributed by atoms with E-state index in [4.69, 9.17) is 4.74 Å². The summed E-state index contributed by atoms with van der Waals surface area (Å²) in [5.41, 5.74) is 1.36. The Kier molecular flexibility index (Phi) is 3.59. The molecule has 6 heteroatoms. The number of methoxy groups -OCH3 is 1. The zero-order chi connectivity index (χ0) is 16.7. The first-order valence-corrected chi connectivity index (χ1v) is 8.20. The summed E-state index contributed by atoms with van der Waals surface area (Å²) >= 11 is 0. The molecule has 1 saturated heterocycles. The van der Waals surface area contributed by atoms with Gasteiger partial charge >= 0.3 is 5.97 Å². The standard InChI is InChI=1S/C18H19N3O3/c1-24-18(23)13-11-21-15(10-12-6-3-2-4-7-12)17(22)20-9-5-8-14(20)16(21)19-13/h2-4,6-7,11,14-15H,5,8-10H2,1H3/t14-,15-/m0/s1. The summed E-state index contributed by atoms with van der Waals surface area (Å²) in [6.07, 6.45) is 4.12. The van der Waals surface area contributed by atoms with Crippen molar-refractivity contribution in [3.63, 3.8) is 0 Å². The van der Waals surface area contributed by atoms with Gasteiger partial charge in [-0.1, -0.05) is 30.3 Å². The molecule has 124 valence electrons. The summed E-state index contributed by atoms with van der Waals surface area (Å²) < 4.78 is 6.68. The highest BCUT2D eigenvalue weighted by molar-refractivity contribution is 5.88. The molecule has 0 bridgehead atoms. The molecule has 1 aromatic heterocycles. The number of nitrogens with zero attached hydrogens (tertiary/aromatic N) is 3. The van der Waals surface area contributed by atoms with E-state index in [1.54, 1.807) is 6.20 Å². The SMILES string of the molecule is COC(=O)c1cn2c(n1)[C@@H]1CCCN1C(=O)[C@@H]2Cc1ccccc1. The molecule has 4 rings (SSSR count). The minimum absolute atomic E-state index is 0.0251. The molecule has 0 N–H and O–H groups in total. The molecule has 0 radical (unpaired) electrons. The van der Waals surface area contributed by atoms with E-state index in [-0.39, 0.29) is 23.7 Å². The summed E-state index contributed by atoms with van der Waals surface area (Å²) in [5, 5.41) is 0. The van der Waals surface area contributed by atoms with Gasteiger partial charge in [0.15, 0.2) is 5.69 Å². The molecule has 3 heterocycles. The summed E-state index contributed by atoms with van der Waals surface area (Å²) in [6, 6.07) is 9.54. The van der Waals surface area contributed by atoms with Crippen LogP contribution in [0.25, 0.3) is 0 Å². The molecule has 1 amide bonds. The number of hydrogen-bond donors (Lipinski definition) is 0. The lowest BCUT2D eigenvalue weighted by atomic mass is 10.0. The first-order chi connectivity index (χ1) is 11.7. The fourth-order valence-corrected chi connectivity index (χ4v) is 3.74. The van der Waals surface area contributed by atoms with Gasteiger partial charge in [-0.25, -0.2) is 9.78 Å². The molecule has 0 unspecified atom stereocenters. The van der Waals surface area contributed by atoms with E-state index < -0.39 is 5.97 Å². The van der Waals surface area contributed by atoms with Crippen LogP contribution in [0.5, 0.6) is 0 Å². The first kappa shape index (κ1) is 14.9. The monoisotopic (exact) mass is 325 g/mol. The second-order valence-corrected chi connectivity index (χ2v) is 6.28. The molecule has 0 saturated carbocycles. The molecule has 2 aliphatic rings. The molecule has 1 fully saturated rings. The number of carbonyl (C=O) groups is 2. The summed E-state index contributed by atoms with van der Waals surface area (Å²) in [7, 11) is 1.34. The van der Waals surface area contributed by atoms with Crippen molar-refractivity contribution in [2.45, 2.75) is 31.3 Å². The molecule has 0 aliphatic carbocycles. The topological polar surface area (TPSA) is 64.4 Å². The Morgan fingerprint density at radius 2 is 2.12 bits per heavy atom. The number of carbonyl (C=O) groups excluding carboxylic acids is 2. The quantitative estimate of drug-likeness (QED) is 0.811. The van der Waals surface area contributed by atoms with Crippen LogP contribution in [0.15, 0.2) is 36.5 Å². The van der Waals surface area contributed by atoms with Gasteiger partial charge in [0.1, 0.15) is 11.9 Å². The molecule has 6 nitrogen and oxygen atoms in total. The zero-order valence-electron chi connectivity index (χ0n) is 13.5. The third-order valence-electron chi connectivity index (χ3n) is 4.88. The minimum atomic E-state index is -0.465. The van der Waals surface area contributed by atoms with Crippen LogP contribution in [0.2, 0.25) is 0 Å². The van der Waals surface area contributed by atoms with E-state index >= 15 is 0 Å². The Morgan fingerprint density at radius 3 is 2.88 bits per heavy atom. The minimum Gasteiger partial charge on any atom is -0.464 e. The van der Waals surface area contributed by atoms with Crippen molar-refractivity contribution >= 4 is 11.9 Å². The zero-order valence-corrected chi connectivity index (χ0v) is 13.5. The number of fused-ring (bicyclic) bond motifs is 3. The summed E-state index contributed by atoms with van der Waals surface area (Å²) in [6.45, 7) is 0.759. The largest absolute Gasteiger partial charge is 0.464 e. The van der Waals surface area contributed by atoms with Gasteiger partial charge < -0.3 is 14.2 Å². The molecular weight excluding hydrogens is 306 g/mol. The van der Waals surface area contributed by atoms with Crippen LogP contribution in [0, 0.1) is 0 Å². The summed E-state index contributed by atoms with van der Waals surface area (Å²) in [4.78, 5) is 31.3. The van der Waals surface area contributed by atoms with Crippen molar-refractivity contribution in [2.75, 3.05) is 13.7 Å². The van der Waals surface area contributed by atoms with Crippen LogP contribution in [0.4, 0.5) is 0 Å². The van der Waals surface area contributed by atoms with Crippen molar-refractivity contribution < 1.29 is 14.3 Å². The Hall–Kier alpha value is -2.63. The smallest absolute Gasteiger partial charge is 0.358 e. The van der Waals surface area contributed by atoms with E-state index in [9.17, 15) is 9.59 Å². The number of amides is 1. The molecule has 2 aliphatic heterocycles. The number of ether oxygens (including phenoxy) is 1. The predicted molar refractivity (Wildman–Crippen MR) is 86.4 cm³/mol. The summed E-state index contributed by atoms with van der Waals surface area (Å²) in [5.74, 6) is 0.448. The maximum atomic E-state index is 13.0. The van der Waals surface area contributed by atoms with Crippen molar-refractivity contribution in [1.29, 1.82) is 0 Å². The van der Waals surface area contributed by atoms with Crippen LogP contribution in [0.1, 0.15) is 46.8 Å². The Bertz CT molecular complexity index is 784. The number of esters is 1. The molecule has 24 heavy (non-hydrogen) atoms. The Labute approximate surface area is 140 Å². The van der Waals surface area contributed by atoms with Gasteiger partial charge in [0, 0.05) is 19.2 Å². The molecular formula is C18H19N3O3. The van der Waals surface area contributed by atoms with Crippen LogP contribution in [-0.4, -0.2) is 40.0 Å². The molecule has 1 aromatic carbocycles. The number of benzene rings is 1.